The van der Waals surface area contributed by atoms with Gasteiger partial charge in [-0.2, -0.15) is 0 Å². The number of rotatable bonds is 6. The van der Waals surface area contributed by atoms with Crippen LogP contribution in [0.1, 0.15) is 22.3 Å². The molecule has 6 heteroatoms. The average molecular weight is 391 g/mol. The van der Waals surface area contributed by atoms with E-state index in [0.29, 0.717) is 44.7 Å². The molecule has 1 N–H and O–H groups in total. The lowest BCUT2D eigenvalue weighted by Gasteiger charge is -2.35. The number of hydrogen-bond acceptors (Lipinski definition) is 3. The Morgan fingerprint density at radius 1 is 1.11 bits per heavy atom. The van der Waals surface area contributed by atoms with Crippen LogP contribution in [0.25, 0.3) is 0 Å². The van der Waals surface area contributed by atoms with E-state index >= 15 is 0 Å². The average Bonchev–Trinajstić information content (AvgIpc) is 2.67. The minimum absolute atomic E-state index is 0.138. The van der Waals surface area contributed by atoms with Crippen LogP contribution in [0.3, 0.4) is 0 Å². The van der Waals surface area contributed by atoms with E-state index in [-0.39, 0.29) is 17.0 Å². The fourth-order valence-electron chi connectivity index (χ4n) is 3.33. The number of aryl methyl sites for hydroxylation is 1. The lowest BCUT2D eigenvalue weighted by atomic mass is 10.1. The Kier molecular flexibility index (Phi) is 6.83. The molecule has 2 aromatic rings. The van der Waals surface area contributed by atoms with Gasteiger partial charge in [-0.05, 0) is 36.6 Å². The molecule has 3 rings (SSSR count). The number of carbonyl (C=O) groups excluding carboxylic acids is 1. The molecule has 1 aliphatic rings. The summed E-state index contributed by atoms with van der Waals surface area (Å²) in [7, 11) is 0. The minimum Gasteiger partial charge on any atom is -0.392 e. The highest BCUT2D eigenvalue weighted by molar-refractivity contribution is 6.33. The normalized spacial score (nSPS) is 16.3. The molecule has 1 aliphatic heterocycles. The van der Waals surface area contributed by atoms with Gasteiger partial charge in [0.25, 0.3) is 5.91 Å². The molecule has 0 bridgehead atoms. The van der Waals surface area contributed by atoms with E-state index in [9.17, 15) is 14.3 Å². The number of halogens is 2. The van der Waals surface area contributed by atoms with Crippen molar-refractivity contribution in [2.75, 3.05) is 32.7 Å². The number of amides is 1. The number of piperazine rings is 1. The molecule has 0 aromatic heterocycles. The zero-order chi connectivity index (χ0) is 19.2. The van der Waals surface area contributed by atoms with Crippen LogP contribution in [0, 0.1) is 5.82 Å². The van der Waals surface area contributed by atoms with Crippen LogP contribution in [0.15, 0.2) is 48.5 Å². The van der Waals surface area contributed by atoms with E-state index < -0.39 is 5.82 Å². The number of β-amino-alcohol motifs (C(OH)–C–C–N with tert-alkyl or cyclic N) is 1. The summed E-state index contributed by atoms with van der Waals surface area (Å²) in [5.74, 6) is -0.630. The van der Waals surface area contributed by atoms with Gasteiger partial charge in [0.15, 0.2) is 0 Å². The van der Waals surface area contributed by atoms with Crippen molar-refractivity contribution in [3.63, 3.8) is 0 Å². The van der Waals surface area contributed by atoms with E-state index in [4.69, 9.17) is 11.6 Å². The molecule has 27 heavy (non-hydrogen) atoms. The molecule has 0 saturated carbocycles. The smallest absolute Gasteiger partial charge is 0.255 e. The lowest BCUT2D eigenvalue weighted by Crippen LogP contribution is -2.50. The maximum atomic E-state index is 13.2. The quantitative estimate of drug-likeness (QED) is 0.823. The Morgan fingerprint density at radius 3 is 2.48 bits per heavy atom. The number of carbonyl (C=O) groups is 1. The molecule has 0 radical (unpaired) electrons. The molecule has 0 aliphatic carbocycles. The second-order valence-corrected chi connectivity index (χ2v) is 7.30. The fourth-order valence-corrected chi connectivity index (χ4v) is 3.58. The van der Waals surface area contributed by atoms with Gasteiger partial charge >= 0.3 is 0 Å². The fraction of sp³-hybridized carbons (Fsp3) is 0.381. The minimum atomic E-state index is -0.453. The molecule has 1 heterocycles. The summed E-state index contributed by atoms with van der Waals surface area (Å²) in [5, 5.41) is 10.4. The van der Waals surface area contributed by atoms with Gasteiger partial charge < -0.3 is 10.0 Å². The van der Waals surface area contributed by atoms with Crippen LogP contribution >= 0.6 is 11.6 Å². The second kappa shape index (κ2) is 9.31. The number of aliphatic hydroxyl groups excluding tert-OH is 1. The Morgan fingerprint density at radius 2 is 1.81 bits per heavy atom. The van der Waals surface area contributed by atoms with Gasteiger partial charge in [-0.3, -0.25) is 9.69 Å². The number of nitrogens with zero attached hydrogens (tertiary/aromatic N) is 2. The van der Waals surface area contributed by atoms with Crippen LogP contribution in [0.4, 0.5) is 4.39 Å². The molecule has 1 amide bonds. The van der Waals surface area contributed by atoms with E-state index in [1.54, 1.807) is 4.90 Å². The van der Waals surface area contributed by atoms with Crippen molar-refractivity contribution in [1.82, 2.24) is 9.80 Å². The first kappa shape index (κ1) is 19.8. The molecule has 2 aromatic carbocycles. The zero-order valence-electron chi connectivity index (χ0n) is 15.2. The van der Waals surface area contributed by atoms with Crippen molar-refractivity contribution in [2.45, 2.75) is 18.9 Å². The summed E-state index contributed by atoms with van der Waals surface area (Å²) in [6.45, 7) is 3.14. The molecular formula is C21H24ClFN2O2. The molecule has 0 spiro atoms. The van der Waals surface area contributed by atoms with Gasteiger partial charge in [0, 0.05) is 32.7 Å². The summed E-state index contributed by atoms with van der Waals surface area (Å²) in [6, 6.07) is 14.0. The third-order valence-electron chi connectivity index (χ3n) is 4.90. The van der Waals surface area contributed by atoms with E-state index in [0.717, 1.165) is 12.5 Å². The zero-order valence-corrected chi connectivity index (χ0v) is 15.9. The first-order chi connectivity index (χ1) is 13.0. The topological polar surface area (TPSA) is 43.8 Å². The van der Waals surface area contributed by atoms with E-state index in [1.807, 2.05) is 18.2 Å². The van der Waals surface area contributed by atoms with Crippen LogP contribution in [-0.2, 0) is 6.42 Å². The summed E-state index contributed by atoms with van der Waals surface area (Å²) >= 11 is 6.00. The molecule has 4 nitrogen and oxygen atoms in total. The maximum absolute atomic E-state index is 13.2. The van der Waals surface area contributed by atoms with Gasteiger partial charge in [-0.15, -0.1) is 0 Å². The summed E-state index contributed by atoms with van der Waals surface area (Å²) < 4.78 is 13.2. The largest absolute Gasteiger partial charge is 0.392 e. The number of hydrogen-bond donors (Lipinski definition) is 1. The molecule has 1 saturated heterocycles. The molecule has 144 valence electrons. The van der Waals surface area contributed by atoms with Gasteiger partial charge in [-0.25, -0.2) is 4.39 Å². The summed E-state index contributed by atoms with van der Waals surface area (Å²) in [4.78, 5) is 16.5. The number of aliphatic hydroxyl groups is 1. The van der Waals surface area contributed by atoms with Crippen molar-refractivity contribution >= 4 is 17.5 Å². The summed E-state index contributed by atoms with van der Waals surface area (Å²) in [5.41, 5.74) is 1.55. The standard InChI is InChI=1S/C21H24ClFN2O2/c22-20-14-17(23)7-9-19(20)21(27)25-12-10-24(11-13-25)15-18(26)8-6-16-4-2-1-3-5-16/h1-5,7,9,14,18,26H,6,8,10-13,15H2/t18-/m0/s1. The predicted molar refractivity (Wildman–Crippen MR) is 105 cm³/mol. The Labute approximate surface area is 164 Å². The highest BCUT2D eigenvalue weighted by Gasteiger charge is 2.24. The van der Waals surface area contributed by atoms with Crippen molar-refractivity contribution in [3.05, 3.63) is 70.5 Å². The third-order valence-corrected chi connectivity index (χ3v) is 5.21. The van der Waals surface area contributed by atoms with Gasteiger partial charge in [-0.1, -0.05) is 41.9 Å². The van der Waals surface area contributed by atoms with Gasteiger partial charge in [0.05, 0.1) is 16.7 Å². The maximum Gasteiger partial charge on any atom is 0.255 e. The van der Waals surface area contributed by atoms with E-state index in [2.05, 4.69) is 17.0 Å². The molecular weight excluding hydrogens is 367 g/mol. The van der Waals surface area contributed by atoms with Gasteiger partial charge in [0.1, 0.15) is 5.82 Å². The Bertz CT molecular complexity index is 764. The number of benzene rings is 2. The van der Waals surface area contributed by atoms with Crippen molar-refractivity contribution in [3.8, 4) is 0 Å². The lowest BCUT2D eigenvalue weighted by molar-refractivity contribution is 0.0516. The van der Waals surface area contributed by atoms with Crippen LogP contribution in [0.5, 0.6) is 0 Å². The van der Waals surface area contributed by atoms with Crippen molar-refractivity contribution in [1.29, 1.82) is 0 Å². The Hall–Kier alpha value is -1.95. The van der Waals surface area contributed by atoms with Crippen LogP contribution in [0.2, 0.25) is 5.02 Å². The predicted octanol–water partition coefficient (Wildman–Crippen LogP) is 3.23. The first-order valence-corrected chi connectivity index (χ1v) is 9.59. The molecule has 1 atom stereocenters. The van der Waals surface area contributed by atoms with Gasteiger partial charge in [0.2, 0.25) is 0 Å². The molecule has 1 fully saturated rings. The SMILES string of the molecule is O=C(c1ccc(F)cc1Cl)N1CCN(C[C@@H](O)CCc2ccccc2)CC1. The van der Waals surface area contributed by atoms with Crippen LogP contribution < -0.4 is 0 Å². The van der Waals surface area contributed by atoms with E-state index in [1.165, 1.54) is 17.7 Å². The molecule has 0 unspecified atom stereocenters. The summed E-state index contributed by atoms with van der Waals surface area (Å²) in [6.07, 6.45) is 1.18. The first-order valence-electron chi connectivity index (χ1n) is 9.21. The second-order valence-electron chi connectivity index (χ2n) is 6.90. The monoisotopic (exact) mass is 390 g/mol. The van der Waals surface area contributed by atoms with Crippen molar-refractivity contribution < 1.29 is 14.3 Å². The third kappa shape index (κ3) is 5.51. The highest BCUT2D eigenvalue weighted by atomic mass is 35.5. The highest BCUT2D eigenvalue weighted by Crippen LogP contribution is 2.20. The Balaban J connectivity index is 1.45. The van der Waals surface area contributed by atoms with Crippen LogP contribution in [-0.4, -0.2) is 59.6 Å². The van der Waals surface area contributed by atoms with Crippen molar-refractivity contribution in [2.24, 2.45) is 0 Å².